The summed E-state index contributed by atoms with van der Waals surface area (Å²) in [6, 6.07) is 9.24. The lowest BCUT2D eigenvalue weighted by atomic mass is 9.95. The third-order valence-electron chi connectivity index (χ3n) is 7.40. The molecular weight excluding hydrogens is 522 g/mol. The molecule has 1 aromatic heterocycles. The monoisotopic (exact) mass is 550 g/mol. The summed E-state index contributed by atoms with van der Waals surface area (Å²) in [7, 11) is 1.69. The number of amides is 2. The summed E-state index contributed by atoms with van der Waals surface area (Å²) in [6.45, 7) is 2.36. The number of carbonyl (C=O) groups excluding carboxylic acids is 2. The third kappa shape index (κ3) is 4.32. The fourth-order valence-electron chi connectivity index (χ4n) is 5.67. The Hall–Kier alpha value is -4.17. The van der Waals surface area contributed by atoms with Crippen molar-refractivity contribution in [1.29, 1.82) is 0 Å². The predicted molar refractivity (Wildman–Crippen MR) is 140 cm³/mol. The van der Waals surface area contributed by atoms with E-state index in [2.05, 4.69) is 11.8 Å². The molecule has 4 heterocycles. The standard InChI is InChI=1S/C29H28F2N4O5/c1-28(2,3)40-27(37)34-14-29(38,15-34)11-10-16-8-9-18-19(12-16)35-20-13-21(24(35)32-18)33(4)25(36)17-6-5-7-22(23(17)20)39-26(30)31/h5-9,12,20-21,26,38H,13-15H2,1-4H3/t20-,21-/m1/s1. The summed E-state index contributed by atoms with van der Waals surface area (Å²) < 4.78 is 38.8. The SMILES string of the molecule is CN1C(=O)c2cccc(OC(F)F)c2[C@H]2C[C@@H]1c1nc3ccc(C#CC4(O)CN(C(=O)OC(C)(C)C)C4)cc3n12. The molecule has 0 unspecified atom stereocenters. The molecule has 3 aliphatic rings. The molecule has 0 radical (unpaired) electrons. The topological polar surface area (TPSA) is 97.1 Å². The lowest BCUT2D eigenvalue weighted by Gasteiger charge is -2.43. The zero-order valence-electron chi connectivity index (χ0n) is 22.4. The molecule has 2 atom stereocenters. The van der Waals surface area contributed by atoms with Gasteiger partial charge < -0.3 is 28.9 Å². The first-order valence-electron chi connectivity index (χ1n) is 12.9. The number of nitrogens with zero attached hydrogens (tertiary/aromatic N) is 4. The van der Waals surface area contributed by atoms with Gasteiger partial charge in [0.25, 0.3) is 5.91 Å². The molecule has 3 aromatic rings. The molecule has 0 saturated carbocycles. The summed E-state index contributed by atoms with van der Waals surface area (Å²) in [6.07, 6.45) is -0.0380. The third-order valence-corrected chi connectivity index (χ3v) is 7.40. The summed E-state index contributed by atoms with van der Waals surface area (Å²) >= 11 is 0. The number of rotatable bonds is 2. The van der Waals surface area contributed by atoms with Crippen molar-refractivity contribution in [3.63, 3.8) is 0 Å². The van der Waals surface area contributed by atoms with E-state index in [4.69, 9.17) is 14.5 Å². The predicted octanol–water partition coefficient (Wildman–Crippen LogP) is 4.09. The number of hydrogen-bond donors (Lipinski definition) is 1. The Labute approximate surface area is 229 Å². The number of aliphatic hydroxyl groups is 1. The fourth-order valence-corrected chi connectivity index (χ4v) is 5.67. The molecule has 2 aromatic carbocycles. The number of alkyl halides is 2. The number of benzene rings is 2. The number of β-amino-alcohol motifs (C(OH)–C–C–N with tert-alkyl or cyclic N) is 1. The van der Waals surface area contributed by atoms with E-state index in [0.29, 0.717) is 34.5 Å². The van der Waals surface area contributed by atoms with E-state index in [1.54, 1.807) is 50.9 Å². The molecule has 0 aliphatic carbocycles. The van der Waals surface area contributed by atoms with Gasteiger partial charge in [0, 0.05) is 30.2 Å². The van der Waals surface area contributed by atoms with E-state index in [-0.39, 0.29) is 30.8 Å². The number of imidazole rings is 1. The van der Waals surface area contributed by atoms with Gasteiger partial charge in [0.15, 0.2) is 5.60 Å². The van der Waals surface area contributed by atoms with Crippen LogP contribution in [0.2, 0.25) is 0 Å². The molecule has 9 nitrogen and oxygen atoms in total. The highest BCUT2D eigenvalue weighted by atomic mass is 19.3. The Morgan fingerprint density at radius 2 is 1.95 bits per heavy atom. The van der Waals surface area contributed by atoms with Gasteiger partial charge in [0.1, 0.15) is 17.2 Å². The minimum atomic E-state index is -3.04. The molecule has 2 amide bonds. The minimum Gasteiger partial charge on any atom is -0.444 e. The van der Waals surface area contributed by atoms with Crippen LogP contribution in [0, 0.1) is 11.8 Å². The molecule has 40 heavy (non-hydrogen) atoms. The Kier molecular flexibility index (Phi) is 5.82. The highest BCUT2D eigenvalue weighted by molar-refractivity contribution is 5.97. The van der Waals surface area contributed by atoms with Gasteiger partial charge in [-0.1, -0.05) is 17.9 Å². The second-order valence-corrected chi connectivity index (χ2v) is 11.4. The van der Waals surface area contributed by atoms with Gasteiger partial charge in [-0.05, 0) is 51.1 Å². The molecule has 2 bridgehead atoms. The number of halogens is 2. The number of aromatic nitrogens is 2. The van der Waals surface area contributed by atoms with E-state index in [1.165, 1.54) is 17.0 Å². The first-order valence-corrected chi connectivity index (χ1v) is 12.9. The van der Waals surface area contributed by atoms with Gasteiger partial charge in [-0.25, -0.2) is 9.78 Å². The zero-order chi connectivity index (χ0) is 28.6. The summed E-state index contributed by atoms with van der Waals surface area (Å²) in [4.78, 5) is 33.3. The van der Waals surface area contributed by atoms with Crippen LogP contribution in [0.25, 0.3) is 11.0 Å². The number of fused-ring (bicyclic) bond motifs is 9. The molecule has 1 fully saturated rings. The van der Waals surface area contributed by atoms with Crippen molar-refractivity contribution in [1.82, 2.24) is 19.4 Å². The number of hydrogen-bond acceptors (Lipinski definition) is 6. The van der Waals surface area contributed by atoms with Crippen molar-refractivity contribution < 1.29 is 33.0 Å². The van der Waals surface area contributed by atoms with E-state index in [0.717, 1.165) is 5.52 Å². The highest BCUT2D eigenvalue weighted by Crippen LogP contribution is 2.50. The lowest BCUT2D eigenvalue weighted by Crippen LogP contribution is -2.63. The van der Waals surface area contributed by atoms with Crippen LogP contribution in [0.4, 0.5) is 13.6 Å². The summed E-state index contributed by atoms with van der Waals surface area (Å²) in [5, 5.41) is 10.8. The number of carbonyl (C=O) groups is 2. The van der Waals surface area contributed by atoms with Gasteiger partial charge in [0.2, 0.25) is 0 Å². The molecule has 6 rings (SSSR count). The molecule has 1 N–H and O–H groups in total. The Morgan fingerprint density at radius 3 is 2.65 bits per heavy atom. The molecule has 0 spiro atoms. The van der Waals surface area contributed by atoms with Crippen LogP contribution in [0.1, 0.15) is 66.6 Å². The molecule has 1 saturated heterocycles. The lowest BCUT2D eigenvalue weighted by molar-refractivity contribution is -0.0637. The smallest absolute Gasteiger partial charge is 0.410 e. The van der Waals surface area contributed by atoms with E-state index in [9.17, 15) is 23.5 Å². The summed E-state index contributed by atoms with van der Waals surface area (Å²) in [5.74, 6) is 6.22. The Balaban J connectivity index is 1.35. The second-order valence-electron chi connectivity index (χ2n) is 11.4. The van der Waals surface area contributed by atoms with Crippen LogP contribution in [-0.4, -0.2) is 74.4 Å². The van der Waals surface area contributed by atoms with Crippen LogP contribution < -0.4 is 4.74 Å². The maximum absolute atomic E-state index is 13.3. The first-order chi connectivity index (χ1) is 18.8. The van der Waals surface area contributed by atoms with Crippen molar-refractivity contribution in [2.24, 2.45) is 0 Å². The van der Waals surface area contributed by atoms with Crippen LogP contribution in [-0.2, 0) is 4.74 Å². The van der Waals surface area contributed by atoms with Crippen molar-refractivity contribution >= 4 is 23.0 Å². The Morgan fingerprint density at radius 1 is 1.20 bits per heavy atom. The van der Waals surface area contributed by atoms with Gasteiger partial charge >= 0.3 is 12.7 Å². The van der Waals surface area contributed by atoms with Crippen molar-refractivity contribution in [3.8, 4) is 17.6 Å². The van der Waals surface area contributed by atoms with Crippen molar-refractivity contribution in [2.75, 3.05) is 20.1 Å². The molecule has 11 heteroatoms. The zero-order valence-corrected chi connectivity index (χ0v) is 22.4. The Bertz CT molecular complexity index is 1610. The maximum Gasteiger partial charge on any atom is 0.410 e. The average Bonchev–Trinajstić information content (AvgIpc) is 3.37. The average molecular weight is 551 g/mol. The van der Waals surface area contributed by atoms with E-state index < -0.39 is 29.9 Å². The van der Waals surface area contributed by atoms with Gasteiger partial charge in [-0.2, -0.15) is 8.78 Å². The van der Waals surface area contributed by atoms with Gasteiger partial charge in [-0.15, -0.1) is 0 Å². The highest BCUT2D eigenvalue weighted by Gasteiger charge is 2.46. The quantitative estimate of drug-likeness (QED) is 0.483. The van der Waals surface area contributed by atoms with Crippen LogP contribution in [0.3, 0.4) is 0 Å². The number of likely N-dealkylation sites (tertiary alicyclic amines) is 1. The van der Waals surface area contributed by atoms with Crippen molar-refractivity contribution in [3.05, 3.63) is 58.9 Å². The van der Waals surface area contributed by atoms with E-state index >= 15 is 0 Å². The van der Waals surface area contributed by atoms with Gasteiger partial charge in [-0.3, -0.25) is 4.79 Å². The number of ether oxygens (including phenoxy) is 2. The minimum absolute atomic E-state index is 0.0348. The van der Waals surface area contributed by atoms with Crippen LogP contribution >= 0.6 is 0 Å². The van der Waals surface area contributed by atoms with Crippen LogP contribution in [0.5, 0.6) is 5.75 Å². The van der Waals surface area contributed by atoms with Crippen LogP contribution in [0.15, 0.2) is 36.4 Å². The largest absolute Gasteiger partial charge is 0.444 e. The molecule has 208 valence electrons. The maximum atomic E-state index is 13.3. The van der Waals surface area contributed by atoms with E-state index in [1.807, 2.05) is 10.6 Å². The summed E-state index contributed by atoms with van der Waals surface area (Å²) in [5.41, 5.74) is 0.741. The molecular formula is C29H28F2N4O5. The first kappa shape index (κ1) is 26.1. The van der Waals surface area contributed by atoms with Crippen molar-refractivity contribution in [2.45, 2.75) is 57.1 Å². The molecule has 3 aliphatic heterocycles. The second kappa shape index (κ2) is 8.93. The normalized spacial score (nSPS) is 20.9. The fraction of sp³-hybridized carbons (Fsp3) is 0.414. The van der Waals surface area contributed by atoms with Gasteiger partial charge in [0.05, 0.1) is 36.2 Å².